The minimum absolute atomic E-state index is 0.161. The molecule has 0 aliphatic heterocycles. The van der Waals surface area contributed by atoms with Crippen LogP contribution in [0, 0.1) is 6.92 Å². The van der Waals surface area contributed by atoms with E-state index in [2.05, 4.69) is 10.4 Å². The first-order valence-electron chi connectivity index (χ1n) is 9.83. The molecule has 0 unspecified atom stereocenters. The van der Waals surface area contributed by atoms with Crippen LogP contribution in [-0.2, 0) is 16.6 Å². The van der Waals surface area contributed by atoms with Gasteiger partial charge in [0.25, 0.3) is 5.91 Å². The van der Waals surface area contributed by atoms with Gasteiger partial charge in [0.2, 0.25) is 10.0 Å². The Balaban J connectivity index is 1.77. The molecule has 0 aliphatic carbocycles. The van der Waals surface area contributed by atoms with E-state index in [4.69, 9.17) is 0 Å². The Morgan fingerprint density at radius 1 is 1.10 bits per heavy atom. The topological polar surface area (TPSA) is 84.3 Å². The van der Waals surface area contributed by atoms with E-state index >= 15 is 0 Å². The van der Waals surface area contributed by atoms with Gasteiger partial charge in [0.15, 0.2) is 0 Å². The van der Waals surface area contributed by atoms with Crippen LogP contribution < -0.4 is 5.32 Å². The van der Waals surface area contributed by atoms with E-state index < -0.39 is 10.0 Å². The van der Waals surface area contributed by atoms with Crippen LogP contribution >= 0.6 is 0 Å². The zero-order chi connectivity index (χ0) is 21.7. The Labute approximate surface area is 177 Å². The third-order valence-electron chi connectivity index (χ3n) is 4.89. The highest BCUT2D eigenvalue weighted by atomic mass is 32.2. The number of hydrogen-bond donors (Lipinski definition) is 1. The van der Waals surface area contributed by atoms with E-state index in [1.165, 1.54) is 10.4 Å². The predicted molar refractivity (Wildman–Crippen MR) is 117 cm³/mol. The van der Waals surface area contributed by atoms with E-state index in [0.717, 1.165) is 5.56 Å². The number of benzene rings is 2. The second kappa shape index (κ2) is 9.23. The highest BCUT2D eigenvalue weighted by Gasteiger charge is 2.24. The summed E-state index contributed by atoms with van der Waals surface area (Å²) in [6.07, 6.45) is 3.61. The summed E-state index contributed by atoms with van der Waals surface area (Å²) < 4.78 is 29.0. The van der Waals surface area contributed by atoms with Gasteiger partial charge in [-0.25, -0.2) is 8.42 Å². The highest BCUT2D eigenvalue weighted by molar-refractivity contribution is 7.89. The molecule has 30 heavy (non-hydrogen) atoms. The van der Waals surface area contributed by atoms with Crippen molar-refractivity contribution in [3.05, 3.63) is 77.6 Å². The first kappa shape index (κ1) is 21.7. The molecule has 0 fully saturated rings. The average Bonchev–Trinajstić information content (AvgIpc) is 3.23. The monoisotopic (exact) mass is 426 g/mol. The van der Waals surface area contributed by atoms with Gasteiger partial charge in [0, 0.05) is 36.7 Å². The molecule has 3 aromatic rings. The zero-order valence-corrected chi connectivity index (χ0v) is 18.2. The Bertz CT molecular complexity index is 1100. The largest absolute Gasteiger partial charge is 0.322 e. The van der Waals surface area contributed by atoms with Crippen molar-refractivity contribution >= 4 is 21.6 Å². The first-order valence-corrected chi connectivity index (χ1v) is 11.3. The van der Waals surface area contributed by atoms with Gasteiger partial charge in [0.1, 0.15) is 0 Å². The van der Waals surface area contributed by atoms with Gasteiger partial charge in [-0.2, -0.15) is 9.40 Å². The molecule has 1 N–H and O–H groups in total. The molecule has 1 heterocycles. The molecular weight excluding hydrogens is 400 g/mol. The molecule has 0 bridgehead atoms. The average molecular weight is 427 g/mol. The molecule has 0 saturated heterocycles. The molecule has 7 nitrogen and oxygen atoms in total. The first-order chi connectivity index (χ1) is 14.3. The lowest BCUT2D eigenvalue weighted by Crippen LogP contribution is -2.31. The molecule has 2 aromatic carbocycles. The SMILES string of the molecule is CCN(CC)S(=O)(=O)c1cc(C(=O)Nc2ccc(Cn3cccn3)cc2)ccc1C. The molecule has 0 atom stereocenters. The summed E-state index contributed by atoms with van der Waals surface area (Å²) in [6, 6.07) is 14.1. The van der Waals surface area contributed by atoms with Crippen LogP contribution in [0.2, 0.25) is 0 Å². The van der Waals surface area contributed by atoms with Crippen LogP contribution in [0.1, 0.15) is 35.3 Å². The minimum Gasteiger partial charge on any atom is -0.322 e. The van der Waals surface area contributed by atoms with Crippen molar-refractivity contribution in [3.8, 4) is 0 Å². The van der Waals surface area contributed by atoms with Crippen molar-refractivity contribution < 1.29 is 13.2 Å². The van der Waals surface area contributed by atoms with Gasteiger partial charge >= 0.3 is 0 Å². The molecule has 0 saturated carbocycles. The van der Waals surface area contributed by atoms with Crippen molar-refractivity contribution in [1.82, 2.24) is 14.1 Å². The standard InChI is InChI=1S/C22H26N4O3S/c1-4-26(5-2)30(28,29)21-15-19(10-7-17(21)3)22(27)24-20-11-8-18(9-12-20)16-25-14-6-13-23-25/h6-15H,4-5,16H2,1-3H3,(H,24,27). The molecule has 3 rings (SSSR count). The number of aromatic nitrogens is 2. The minimum atomic E-state index is -3.65. The number of nitrogens with zero attached hydrogens (tertiary/aromatic N) is 3. The summed E-state index contributed by atoms with van der Waals surface area (Å²) in [6.45, 7) is 6.72. The van der Waals surface area contributed by atoms with Crippen molar-refractivity contribution in [2.24, 2.45) is 0 Å². The fraction of sp³-hybridized carbons (Fsp3) is 0.273. The lowest BCUT2D eigenvalue weighted by Gasteiger charge is -2.20. The van der Waals surface area contributed by atoms with Crippen LogP contribution in [0.4, 0.5) is 5.69 Å². The normalized spacial score (nSPS) is 11.6. The van der Waals surface area contributed by atoms with Gasteiger partial charge in [0.05, 0.1) is 11.4 Å². The maximum absolute atomic E-state index is 12.9. The van der Waals surface area contributed by atoms with Crippen LogP contribution in [0.5, 0.6) is 0 Å². The summed E-state index contributed by atoms with van der Waals surface area (Å²) in [7, 11) is -3.65. The van der Waals surface area contributed by atoms with E-state index in [0.29, 0.717) is 36.4 Å². The van der Waals surface area contributed by atoms with Crippen LogP contribution in [0.3, 0.4) is 0 Å². The summed E-state index contributed by atoms with van der Waals surface area (Å²) in [5, 5.41) is 7.01. The summed E-state index contributed by atoms with van der Waals surface area (Å²) in [5.74, 6) is -0.356. The molecular formula is C22H26N4O3S. The van der Waals surface area contributed by atoms with Gasteiger partial charge in [-0.3, -0.25) is 9.48 Å². The molecule has 1 aromatic heterocycles. The number of sulfonamides is 1. The van der Waals surface area contributed by atoms with Crippen LogP contribution in [0.25, 0.3) is 0 Å². The Hall–Kier alpha value is -2.97. The molecule has 1 amide bonds. The Kier molecular flexibility index (Phi) is 6.69. The lowest BCUT2D eigenvalue weighted by atomic mass is 10.1. The number of nitrogens with one attached hydrogen (secondary N) is 1. The van der Waals surface area contributed by atoms with Crippen molar-refractivity contribution in [2.45, 2.75) is 32.2 Å². The highest BCUT2D eigenvalue weighted by Crippen LogP contribution is 2.22. The van der Waals surface area contributed by atoms with Gasteiger partial charge in [-0.05, 0) is 48.4 Å². The second-order valence-corrected chi connectivity index (χ2v) is 8.83. The lowest BCUT2D eigenvalue weighted by molar-refractivity contribution is 0.102. The van der Waals surface area contributed by atoms with Gasteiger partial charge in [-0.1, -0.05) is 32.0 Å². The third kappa shape index (κ3) is 4.77. The third-order valence-corrected chi connectivity index (χ3v) is 7.08. The summed E-state index contributed by atoms with van der Waals surface area (Å²) >= 11 is 0. The number of carbonyl (C=O) groups is 1. The van der Waals surface area contributed by atoms with Crippen LogP contribution in [0.15, 0.2) is 65.8 Å². The van der Waals surface area contributed by atoms with Gasteiger partial charge in [-0.15, -0.1) is 0 Å². The van der Waals surface area contributed by atoms with Gasteiger partial charge < -0.3 is 5.32 Å². The zero-order valence-electron chi connectivity index (χ0n) is 17.4. The second-order valence-electron chi connectivity index (χ2n) is 6.92. The van der Waals surface area contributed by atoms with E-state index in [9.17, 15) is 13.2 Å². The molecule has 0 spiro atoms. The number of anilines is 1. The maximum atomic E-state index is 12.9. The summed E-state index contributed by atoms with van der Waals surface area (Å²) in [5.41, 5.74) is 2.60. The quantitative estimate of drug-likeness (QED) is 0.597. The van der Waals surface area contributed by atoms with E-state index in [1.54, 1.807) is 39.1 Å². The number of aryl methyl sites for hydroxylation is 1. The Morgan fingerprint density at radius 2 is 1.80 bits per heavy atom. The fourth-order valence-corrected chi connectivity index (χ4v) is 4.91. The smallest absolute Gasteiger partial charge is 0.255 e. The predicted octanol–water partition coefficient (Wildman–Crippen LogP) is 3.52. The molecule has 8 heteroatoms. The number of rotatable bonds is 8. The van der Waals surface area contributed by atoms with Crippen molar-refractivity contribution in [2.75, 3.05) is 18.4 Å². The number of amides is 1. The van der Waals surface area contributed by atoms with E-state index in [1.807, 2.05) is 41.2 Å². The molecule has 158 valence electrons. The Morgan fingerprint density at radius 3 is 2.40 bits per heavy atom. The fourth-order valence-electron chi connectivity index (χ4n) is 3.20. The maximum Gasteiger partial charge on any atom is 0.255 e. The number of carbonyl (C=O) groups excluding carboxylic acids is 1. The summed E-state index contributed by atoms with van der Waals surface area (Å²) in [4.78, 5) is 12.9. The van der Waals surface area contributed by atoms with Crippen LogP contribution in [-0.4, -0.2) is 41.5 Å². The van der Waals surface area contributed by atoms with E-state index in [-0.39, 0.29) is 10.8 Å². The number of hydrogen-bond acceptors (Lipinski definition) is 4. The molecule has 0 radical (unpaired) electrons. The van der Waals surface area contributed by atoms with Crippen molar-refractivity contribution in [1.29, 1.82) is 0 Å². The van der Waals surface area contributed by atoms with Crippen molar-refractivity contribution in [3.63, 3.8) is 0 Å². The molecule has 0 aliphatic rings.